The lowest BCUT2D eigenvalue weighted by atomic mass is 10.1. The number of aryl methyl sites for hydroxylation is 1. The molecule has 0 spiro atoms. The highest BCUT2D eigenvalue weighted by Crippen LogP contribution is 2.13. The van der Waals surface area contributed by atoms with E-state index >= 15 is 0 Å². The number of benzene rings is 1. The molecule has 19 heavy (non-hydrogen) atoms. The van der Waals surface area contributed by atoms with Gasteiger partial charge in [-0.25, -0.2) is 0 Å². The summed E-state index contributed by atoms with van der Waals surface area (Å²) in [6.07, 6.45) is 4.27. The van der Waals surface area contributed by atoms with Crippen molar-refractivity contribution in [3.8, 4) is 6.07 Å². The molecule has 0 amide bonds. The number of hydrogen-bond acceptors (Lipinski definition) is 3. The zero-order valence-corrected chi connectivity index (χ0v) is 11.4. The topological polar surface area (TPSA) is 36.3 Å². The van der Waals surface area contributed by atoms with Crippen LogP contribution >= 0.6 is 0 Å². The van der Waals surface area contributed by atoms with Crippen molar-refractivity contribution in [2.45, 2.75) is 31.8 Å². The number of rotatable bonds is 7. The Morgan fingerprint density at radius 2 is 2.16 bits per heavy atom. The number of hydrogen-bond donors (Lipinski definition) is 0. The summed E-state index contributed by atoms with van der Waals surface area (Å²) in [6.45, 7) is 3.80. The van der Waals surface area contributed by atoms with E-state index in [1.165, 1.54) is 5.56 Å². The molecule has 3 heteroatoms. The Labute approximate surface area is 115 Å². The molecule has 1 aliphatic heterocycles. The van der Waals surface area contributed by atoms with Crippen LogP contribution in [-0.4, -0.2) is 37.2 Å². The summed E-state index contributed by atoms with van der Waals surface area (Å²) in [4.78, 5) is 2.32. The maximum atomic E-state index is 8.57. The summed E-state index contributed by atoms with van der Waals surface area (Å²) in [5.41, 5.74) is 1.38. The molecular weight excluding hydrogens is 236 g/mol. The average Bonchev–Trinajstić information content (AvgIpc) is 2.90. The van der Waals surface area contributed by atoms with Gasteiger partial charge < -0.3 is 4.74 Å². The van der Waals surface area contributed by atoms with Crippen LogP contribution in [0.15, 0.2) is 30.3 Å². The fraction of sp³-hybridized carbons (Fsp3) is 0.562. The molecule has 2 rings (SSSR count). The molecular formula is C16H22N2O. The van der Waals surface area contributed by atoms with Gasteiger partial charge in [-0.05, 0) is 24.8 Å². The molecule has 3 nitrogen and oxygen atoms in total. The van der Waals surface area contributed by atoms with Gasteiger partial charge in [0.1, 0.15) is 0 Å². The zero-order valence-electron chi connectivity index (χ0n) is 11.4. The van der Waals surface area contributed by atoms with E-state index in [4.69, 9.17) is 10.00 Å². The normalized spacial score (nSPS) is 19.4. The average molecular weight is 258 g/mol. The van der Waals surface area contributed by atoms with Gasteiger partial charge >= 0.3 is 0 Å². The van der Waals surface area contributed by atoms with E-state index in [0.717, 1.165) is 45.5 Å². The number of likely N-dealkylation sites (tertiary alicyclic amines) is 1. The minimum atomic E-state index is 0.370. The molecule has 1 aromatic carbocycles. The van der Waals surface area contributed by atoms with Gasteiger partial charge in [0.15, 0.2) is 0 Å². The summed E-state index contributed by atoms with van der Waals surface area (Å²) in [6, 6.07) is 12.7. The van der Waals surface area contributed by atoms with Gasteiger partial charge in [0.2, 0.25) is 0 Å². The SMILES string of the molecule is N#CCCN1CC[C@@H](OCCCc2ccccc2)C1. The molecule has 1 heterocycles. The highest BCUT2D eigenvalue weighted by Gasteiger charge is 2.22. The second-order valence-electron chi connectivity index (χ2n) is 5.08. The van der Waals surface area contributed by atoms with Gasteiger partial charge in [-0.1, -0.05) is 30.3 Å². The molecule has 1 atom stereocenters. The van der Waals surface area contributed by atoms with E-state index in [1.54, 1.807) is 0 Å². The van der Waals surface area contributed by atoms with Gasteiger partial charge in [0, 0.05) is 32.7 Å². The summed E-state index contributed by atoms with van der Waals surface area (Å²) >= 11 is 0. The lowest BCUT2D eigenvalue weighted by molar-refractivity contribution is 0.0578. The first-order valence-corrected chi connectivity index (χ1v) is 7.13. The Morgan fingerprint density at radius 1 is 1.32 bits per heavy atom. The van der Waals surface area contributed by atoms with Crippen molar-refractivity contribution >= 4 is 0 Å². The van der Waals surface area contributed by atoms with Crippen LogP contribution in [0.2, 0.25) is 0 Å². The molecule has 1 fully saturated rings. The van der Waals surface area contributed by atoms with Gasteiger partial charge in [-0.15, -0.1) is 0 Å². The van der Waals surface area contributed by atoms with E-state index in [2.05, 4.69) is 35.2 Å². The van der Waals surface area contributed by atoms with Crippen LogP contribution in [0, 0.1) is 11.3 Å². The fourth-order valence-corrected chi connectivity index (χ4v) is 2.52. The Morgan fingerprint density at radius 3 is 2.95 bits per heavy atom. The van der Waals surface area contributed by atoms with Gasteiger partial charge in [-0.2, -0.15) is 5.26 Å². The van der Waals surface area contributed by atoms with Crippen LogP contribution in [0.5, 0.6) is 0 Å². The van der Waals surface area contributed by atoms with Crippen LogP contribution in [0.3, 0.4) is 0 Å². The first-order valence-electron chi connectivity index (χ1n) is 7.13. The van der Waals surface area contributed by atoms with Crippen LogP contribution in [0.4, 0.5) is 0 Å². The van der Waals surface area contributed by atoms with Crippen molar-refractivity contribution in [2.75, 3.05) is 26.2 Å². The molecule has 0 unspecified atom stereocenters. The monoisotopic (exact) mass is 258 g/mol. The highest BCUT2D eigenvalue weighted by molar-refractivity contribution is 5.14. The third kappa shape index (κ3) is 5.02. The number of nitriles is 1. The molecule has 1 saturated heterocycles. The Bertz CT molecular complexity index is 399. The first kappa shape index (κ1) is 14.0. The standard InChI is InChI=1S/C16H22N2O/c17-10-5-11-18-12-9-16(14-18)19-13-4-8-15-6-2-1-3-7-15/h1-3,6-7,16H,4-5,8-9,11-14H2/t16-/m1/s1. The van der Waals surface area contributed by atoms with E-state index in [-0.39, 0.29) is 0 Å². The summed E-state index contributed by atoms with van der Waals surface area (Å²) in [5.74, 6) is 0. The molecule has 0 saturated carbocycles. The Kier molecular flexibility index (Phi) is 5.87. The fourth-order valence-electron chi connectivity index (χ4n) is 2.52. The summed E-state index contributed by atoms with van der Waals surface area (Å²) < 4.78 is 5.91. The first-order chi connectivity index (χ1) is 9.38. The maximum Gasteiger partial charge on any atom is 0.0714 e. The highest BCUT2D eigenvalue weighted by atomic mass is 16.5. The summed E-state index contributed by atoms with van der Waals surface area (Å²) in [5, 5.41) is 8.57. The smallest absolute Gasteiger partial charge is 0.0714 e. The molecule has 0 aliphatic carbocycles. The lowest BCUT2D eigenvalue weighted by Gasteiger charge is -2.14. The summed E-state index contributed by atoms with van der Waals surface area (Å²) in [7, 11) is 0. The quantitative estimate of drug-likeness (QED) is 0.705. The molecule has 0 radical (unpaired) electrons. The van der Waals surface area contributed by atoms with E-state index in [9.17, 15) is 0 Å². The van der Waals surface area contributed by atoms with E-state index in [1.807, 2.05) is 6.07 Å². The van der Waals surface area contributed by atoms with Crippen molar-refractivity contribution in [1.82, 2.24) is 4.90 Å². The number of nitrogens with zero attached hydrogens (tertiary/aromatic N) is 2. The van der Waals surface area contributed by atoms with Crippen LogP contribution < -0.4 is 0 Å². The third-order valence-corrected chi connectivity index (χ3v) is 3.58. The second-order valence-corrected chi connectivity index (χ2v) is 5.08. The molecule has 102 valence electrons. The lowest BCUT2D eigenvalue weighted by Crippen LogP contribution is -2.24. The van der Waals surface area contributed by atoms with Crippen molar-refractivity contribution < 1.29 is 4.74 Å². The molecule has 0 aromatic heterocycles. The van der Waals surface area contributed by atoms with Gasteiger partial charge in [-0.3, -0.25) is 4.90 Å². The predicted molar refractivity (Wildman–Crippen MR) is 75.8 cm³/mol. The zero-order chi connectivity index (χ0) is 13.3. The molecule has 1 aromatic rings. The van der Waals surface area contributed by atoms with Crippen LogP contribution in [0.1, 0.15) is 24.8 Å². The largest absolute Gasteiger partial charge is 0.377 e. The van der Waals surface area contributed by atoms with Crippen molar-refractivity contribution in [3.05, 3.63) is 35.9 Å². The van der Waals surface area contributed by atoms with Crippen molar-refractivity contribution in [1.29, 1.82) is 5.26 Å². The van der Waals surface area contributed by atoms with Crippen LogP contribution in [0.25, 0.3) is 0 Å². The van der Waals surface area contributed by atoms with Gasteiger partial charge in [0.25, 0.3) is 0 Å². The minimum Gasteiger partial charge on any atom is -0.377 e. The molecule has 0 N–H and O–H groups in total. The molecule has 0 bridgehead atoms. The van der Waals surface area contributed by atoms with Gasteiger partial charge in [0.05, 0.1) is 12.2 Å². The third-order valence-electron chi connectivity index (χ3n) is 3.58. The Balaban J connectivity index is 1.56. The predicted octanol–water partition coefficient (Wildman–Crippen LogP) is 2.62. The molecule has 1 aliphatic rings. The van der Waals surface area contributed by atoms with Crippen molar-refractivity contribution in [3.63, 3.8) is 0 Å². The van der Waals surface area contributed by atoms with E-state index in [0.29, 0.717) is 12.5 Å². The Hall–Kier alpha value is -1.37. The minimum absolute atomic E-state index is 0.370. The van der Waals surface area contributed by atoms with Crippen LogP contribution in [-0.2, 0) is 11.2 Å². The number of ether oxygens (including phenoxy) is 1. The second kappa shape index (κ2) is 7.93. The van der Waals surface area contributed by atoms with Crippen molar-refractivity contribution in [2.24, 2.45) is 0 Å². The maximum absolute atomic E-state index is 8.57. The van der Waals surface area contributed by atoms with E-state index < -0.39 is 0 Å².